The van der Waals surface area contributed by atoms with Crippen LogP contribution in [0.15, 0.2) is 36.7 Å². The van der Waals surface area contributed by atoms with Crippen molar-refractivity contribution in [3.05, 3.63) is 59.2 Å². The lowest BCUT2D eigenvalue weighted by atomic mass is 10.0. The molecule has 0 aliphatic rings. The molecule has 0 aliphatic heterocycles. The first-order valence-electron chi connectivity index (χ1n) is 6.76. The summed E-state index contributed by atoms with van der Waals surface area (Å²) in [5.74, 6) is 0. The Balaban J connectivity index is 2.11. The van der Waals surface area contributed by atoms with Crippen LogP contribution < -0.4 is 5.32 Å². The van der Waals surface area contributed by atoms with Gasteiger partial charge < -0.3 is 5.32 Å². The largest absolute Gasteiger partial charge is 0.311 e. The van der Waals surface area contributed by atoms with Crippen LogP contribution in [0, 0.1) is 6.92 Å². The molecular formula is C16H21N3. The minimum absolute atomic E-state index is 0.209. The molecule has 2 aromatic rings. The van der Waals surface area contributed by atoms with Gasteiger partial charge in [-0.3, -0.25) is 9.97 Å². The van der Waals surface area contributed by atoms with Gasteiger partial charge in [0.05, 0.1) is 23.6 Å². The molecule has 0 bridgehead atoms. The Labute approximate surface area is 115 Å². The minimum Gasteiger partial charge on any atom is -0.311 e. The van der Waals surface area contributed by atoms with Crippen molar-refractivity contribution in [1.29, 1.82) is 0 Å². The van der Waals surface area contributed by atoms with Gasteiger partial charge in [-0.25, -0.2) is 0 Å². The zero-order chi connectivity index (χ0) is 13.7. The summed E-state index contributed by atoms with van der Waals surface area (Å²) in [6, 6.07) is 9.00. The molecule has 0 saturated heterocycles. The molecule has 1 heterocycles. The van der Waals surface area contributed by atoms with Gasteiger partial charge >= 0.3 is 0 Å². The highest BCUT2D eigenvalue weighted by Crippen LogP contribution is 2.16. The summed E-state index contributed by atoms with van der Waals surface area (Å²) in [6.07, 6.45) is 5.69. The maximum absolute atomic E-state index is 4.45. The summed E-state index contributed by atoms with van der Waals surface area (Å²) in [6.45, 7) is 4.13. The number of aromatic nitrogens is 2. The normalized spacial score (nSPS) is 12.4. The Bertz CT molecular complexity index is 503. The first-order chi connectivity index (χ1) is 9.22. The second-order valence-electron chi connectivity index (χ2n) is 4.80. The van der Waals surface area contributed by atoms with E-state index in [-0.39, 0.29) is 6.04 Å². The fraction of sp³-hybridized carbons (Fsp3) is 0.375. The molecular weight excluding hydrogens is 234 g/mol. The Kier molecular flexibility index (Phi) is 4.63. The number of hydrogen-bond acceptors (Lipinski definition) is 3. The third kappa shape index (κ3) is 3.61. The van der Waals surface area contributed by atoms with Crippen molar-refractivity contribution in [2.75, 3.05) is 7.05 Å². The zero-order valence-corrected chi connectivity index (χ0v) is 11.9. The predicted molar refractivity (Wildman–Crippen MR) is 78.1 cm³/mol. The van der Waals surface area contributed by atoms with Crippen LogP contribution >= 0.6 is 0 Å². The number of aryl methyl sites for hydroxylation is 2. The molecule has 0 spiro atoms. The molecule has 0 fully saturated rings. The second-order valence-corrected chi connectivity index (χ2v) is 4.80. The highest BCUT2D eigenvalue weighted by molar-refractivity contribution is 5.24. The highest BCUT2D eigenvalue weighted by atomic mass is 14.9. The number of rotatable bonds is 5. The van der Waals surface area contributed by atoms with Gasteiger partial charge in [-0.05, 0) is 37.9 Å². The number of benzene rings is 1. The summed E-state index contributed by atoms with van der Waals surface area (Å²) < 4.78 is 0. The molecule has 0 saturated carbocycles. The van der Waals surface area contributed by atoms with Crippen molar-refractivity contribution in [1.82, 2.24) is 15.3 Å². The summed E-state index contributed by atoms with van der Waals surface area (Å²) in [5, 5.41) is 3.31. The molecule has 0 aliphatic carbocycles. The fourth-order valence-electron chi connectivity index (χ4n) is 2.08. The summed E-state index contributed by atoms with van der Waals surface area (Å²) >= 11 is 0. The van der Waals surface area contributed by atoms with Crippen LogP contribution in [0.3, 0.4) is 0 Å². The van der Waals surface area contributed by atoms with Crippen molar-refractivity contribution in [2.24, 2.45) is 0 Å². The van der Waals surface area contributed by atoms with E-state index in [9.17, 15) is 0 Å². The quantitative estimate of drug-likeness (QED) is 0.892. The third-order valence-corrected chi connectivity index (χ3v) is 3.38. The van der Waals surface area contributed by atoms with E-state index in [0.717, 1.165) is 24.2 Å². The molecule has 0 radical (unpaired) electrons. The molecule has 1 aromatic carbocycles. The first-order valence-corrected chi connectivity index (χ1v) is 6.76. The molecule has 1 unspecified atom stereocenters. The molecule has 19 heavy (non-hydrogen) atoms. The molecule has 1 N–H and O–H groups in total. The predicted octanol–water partition coefficient (Wildman–Crippen LogP) is 2.85. The molecule has 3 nitrogen and oxygen atoms in total. The van der Waals surface area contributed by atoms with Crippen LogP contribution in [0.1, 0.15) is 35.5 Å². The van der Waals surface area contributed by atoms with Gasteiger partial charge in [0.15, 0.2) is 0 Å². The standard InChI is InChI=1S/C16H21N3/c1-4-13-5-7-14(8-6-13)9-15(17-3)16-11-18-12(2)10-19-16/h5-8,10-11,15,17H,4,9H2,1-3H3. The van der Waals surface area contributed by atoms with Crippen LogP contribution in [0.5, 0.6) is 0 Å². The molecule has 3 heteroatoms. The van der Waals surface area contributed by atoms with Crippen molar-refractivity contribution in [3.8, 4) is 0 Å². The van der Waals surface area contributed by atoms with E-state index in [1.54, 1.807) is 0 Å². The third-order valence-electron chi connectivity index (χ3n) is 3.38. The Hall–Kier alpha value is -1.74. The zero-order valence-electron chi connectivity index (χ0n) is 11.9. The van der Waals surface area contributed by atoms with Crippen molar-refractivity contribution in [2.45, 2.75) is 32.7 Å². The van der Waals surface area contributed by atoms with E-state index < -0.39 is 0 Å². The van der Waals surface area contributed by atoms with E-state index in [1.807, 2.05) is 26.4 Å². The van der Waals surface area contributed by atoms with Gasteiger partial charge in [0.1, 0.15) is 0 Å². The van der Waals surface area contributed by atoms with E-state index in [0.29, 0.717) is 0 Å². The van der Waals surface area contributed by atoms with E-state index in [4.69, 9.17) is 0 Å². The lowest BCUT2D eigenvalue weighted by Gasteiger charge is -2.15. The van der Waals surface area contributed by atoms with Crippen LogP contribution in [0.25, 0.3) is 0 Å². The molecule has 1 aromatic heterocycles. The van der Waals surface area contributed by atoms with Crippen molar-refractivity contribution < 1.29 is 0 Å². The van der Waals surface area contributed by atoms with E-state index >= 15 is 0 Å². The molecule has 1 atom stereocenters. The Morgan fingerprint density at radius 3 is 2.26 bits per heavy atom. The lowest BCUT2D eigenvalue weighted by molar-refractivity contribution is 0.572. The summed E-state index contributed by atoms with van der Waals surface area (Å²) in [7, 11) is 1.96. The van der Waals surface area contributed by atoms with Gasteiger partial charge in [0, 0.05) is 6.20 Å². The van der Waals surface area contributed by atoms with E-state index in [1.165, 1.54) is 11.1 Å². The van der Waals surface area contributed by atoms with Crippen LogP contribution in [0.4, 0.5) is 0 Å². The molecule has 2 rings (SSSR count). The lowest BCUT2D eigenvalue weighted by Crippen LogP contribution is -2.20. The van der Waals surface area contributed by atoms with Crippen LogP contribution in [0.2, 0.25) is 0 Å². The second kappa shape index (κ2) is 6.43. The van der Waals surface area contributed by atoms with Gasteiger partial charge in [-0.1, -0.05) is 31.2 Å². The minimum atomic E-state index is 0.209. The maximum Gasteiger partial charge on any atom is 0.0759 e. The first kappa shape index (κ1) is 13.7. The number of hydrogen-bond donors (Lipinski definition) is 1. The van der Waals surface area contributed by atoms with E-state index in [2.05, 4.69) is 46.5 Å². The van der Waals surface area contributed by atoms with Crippen LogP contribution in [-0.4, -0.2) is 17.0 Å². The Morgan fingerprint density at radius 2 is 1.74 bits per heavy atom. The number of nitrogens with zero attached hydrogens (tertiary/aromatic N) is 2. The Morgan fingerprint density at radius 1 is 1.05 bits per heavy atom. The smallest absolute Gasteiger partial charge is 0.0759 e. The number of nitrogens with one attached hydrogen (secondary N) is 1. The monoisotopic (exact) mass is 255 g/mol. The van der Waals surface area contributed by atoms with Crippen LogP contribution in [-0.2, 0) is 12.8 Å². The van der Waals surface area contributed by atoms with Gasteiger partial charge in [-0.2, -0.15) is 0 Å². The molecule has 100 valence electrons. The fourth-order valence-corrected chi connectivity index (χ4v) is 2.08. The van der Waals surface area contributed by atoms with Gasteiger partial charge in [-0.15, -0.1) is 0 Å². The van der Waals surface area contributed by atoms with Gasteiger partial charge in [0.2, 0.25) is 0 Å². The highest BCUT2D eigenvalue weighted by Gasteiger charge is 2.11. The summed E-state index contributed by atoms with van der Waals surface area (Å²) in [5.41, 5.74) is 4.64. The number of likely N-dealkylation sites (N-methyl/N-ethyl adjacent to an activating group) is 1. The average molecular weight is 255 g/mol. The average Bonchev–Trinajstić information content (AvgIpc) is 2.46. The SMILES string of the molecule is CCc1ccc(CC(NC)c2cnc(C)cn2)cc1. The van der Waals surface area contributed by atoms with Crippen molar-refractivity contribution >= 4 is 0 Å². The summed E-state index contributed by atoms with van der Waals surface area (Å²) in [4.78, 5) is 8.77. The van der Waals surface area contributed by atoms with Crippen molar-refractivity contribution in [3.63, 3.8) is 0 Å². The maximum atomic E-state index is 4.45. The topological polar surface area (TPSA) is 37.8 Å². The molecule has 0 amide bonds. The van der Waals surface area contributed by atoms with Gasteiger partial charge in [0.25, 0.3) is 0 Å².